The molecule has 0 aliphatic carbocycles. The summed E-state index contributed by atoms with van der Waals surface area (Å²) >= 11 is 0. The SMILES string of the molecule is C[C@H]1CCc2ncc(F)cc2C2CC(F)CN2c2ccn3nc(N)c(c3n2)C(=O)N1. The highest BCUT2D eigenvalue weighted by atomic mass is 19.1. The van der Waals surface area contributed by atoms with Crippen LogP contribution in [0.4, 0.5) is 20.4 Å². The molecular formula is C20H21F2N7O. The first kappa shape index (κ1) is 18.7. The van der Waals surface area contributed by atoms with Gasteiger partial charge in [0.1, 0.15) is 23.4 Å². The Morgan fingerprint density at radius 1 is 1.37 bits per heavy atom. The lowest BCUT2D eigenvalue weighted by molar-refractivity contribution is 0.0940. The number of rotatable bonds is 0. The molecule has 3 aromatic rings. The highest BCUT2D eigenvalue weighted by Crippen LogP contribution is 2.38. The summed E-state index contributed by atoms with van der Waals surface area (Å²) in [7, 11) is 0. The highest BCUT2D eigenvalue weighted by Gasteiger charge is 2.36. The number of nitrogens with zero attached hydrogens (tertiary/aromatic N) is 5. The van der Waals surface area contributed by atoms with Crippen molar-refractivity contribution in [3.05, 3.63) is 47.2 Å². The topological polar surface area (TPSA) is 101 Å². The molecule has 1 fully saturated rings. The zero-order valence-electron chi connectivity index (χ0n) is 16.3. The Morgan fingerprint density at radius 2 is 2.20 bits per heavy atom. The Labute approximate surface area is 171 Å². The molecule has 0 saturated carbocycles. The molecule has 2 aliphatic rings. The van der Waals surface area contributed by atoms with Gasteiger partial charge >= 0.3 is 0 Å². The van der Waals surface area contributed by atoms with Gasteiger partial charge in [-0.3, -0.25) is 9.78 Å². The van der Waals surface area contributed by atoms with Crippen molar-refractivity contribution in [2.45, 2.75) is 44.4 Å². The van der Waals surface area contributed by atoms with E-state index in [2.05, 4.69) is 20.4 Å². The van der Waals surface area contributed by atoms with Crippen LogP contribution >= 0.6 is 0 Å². The fourth-order valence-electron chi connectivity index (χ4n) is 4.35. The molecule has 5 heterocycles. The van der Waals surface area contributed by atoms with Gasteiger partial charge in [0.25, 0.3) is 5.91 Å². The van der Waals surface area contributed by atoms with Crippen LogP contribution in [0.2, 0.25) is 0 Å². The van der Waals surface area contributed by atoms with Gasteiger partial charge in [-0.25, -0.2) is 18.3 Å². The molecule has 3 aromatic heterocycles. The maximum atomic E-state index is 14.5. The summed E-state index contributed by atoms with van der Waals surface area (Å²) < 4.78 is 30.1. The van der Waals surface area contributed by atoms with Gasteiger partial charge in [0, 0.05) is 24.4 Å². The lowest BCUT2D eigenvalue weighted by atomic mass is 9.98. The largest absolute Gasteiger partial charge is 0.381 e. The summed E-state index contributed by atoms with van der Waals surface area (Å²) in [6.07, 6.45) is 3.04. The minimum Gasteiger partial charge on any atom is -0.381 e. The molecule has 1 saturated heterocycles. The molecular weight excluding hydrogens is 392 g/mol. The number of hydrogen-bond donors (Lipinski definition) is 2. The van der Waals surface area contributed by atoms with Crippen LogP contribution in [-0.4, -0.2) is 44.2 Å². The van der Waals surface area contributed by atoms with Crippen molar-refractivity contribution in [3.8, 4) is 0 Å². The molecule has 10 heteroatoms. The number of carbonyl (C=O) groups is 1. The number of nitrogens with one attached hydrogen (secondary N) is 1. The number of pyridine rings is 1. The van der Waals surface area contributed by atoms with Gasteiger partial charge in [-0.15, -0.1) is 5.10 Å². The normalized spacial score (nSPS) is 24.0. The predicted molar refractivity (Wildman–Crippen MR) is 106 cm³/mol. The molecule has 3 atom stereocenters. The zero-order chi connectivity index (χ0) is 21.0. The van der Waals surface area contributed by atoms with Gasteiger partial charge in [0.05, 0.1) is 18.8 Å². The summed E-state index contributed by atoms with van der Waals surface area (Å²) in [6.45, 7) is 1.99. The van der Waals surface area contributed by atoms with Crippen LogP contribution in [0, 0.1) is 5.82 Å². The number of anilines is 2. The van der Waals surface area contributed by atoms with E-state index in [-0.39, 0.29) is 36.3 Å². The van der Waals surface area contributed by atoms with E-state index in [1.165, 1.54) is 16.8 Å². The second kappa shape index (κ2) is 6.89. The first-order valence-corrected chi connectivity index (χ1v) is 9.91. The van der Waals surface area contributed by atoms with E-state index in [4.69, 9.17) is 5.73 Å². The van der Waals surface area contributed by atoms with E-state index >= 15 is 0 Å². The third-order valence-corrected chi connectivity index (χ3v) is 5.79. The van der Waals surface area contributed by atoms with Crippen LogP contribution in [0.25, 0.3) is 5.65 Å². The molecule has 0 spiro atoms. The Balaban J connectivity index is 1.72. The number of halogens is 2. The van der Waals surface area contributed by atoms with Gasteiger partial charge in [-0.2, -0.15) is 0 Å². The number of aryl methyl sites for hydroxylation is 1. The van der Waals surface area contributed by atoms with Crippen molar-refractivity contribution >= 4 is 23.2 Å². The van der Waals surface area contributed by atoms with E-state index in [0.29, 0.717) is 35.6 Å². The van der Waals surface area contributed by atoms with Crippen LogP contribution in [0.5, 0.6) is 0 Å². The second-order valence-electron chi connectivity index (χ2n) is 7.92. The van der Waals surface area contributed by atoms with E-state index in [9.17, 15) is 13.6 Å². The number of alkyl halides is 1. The first-order valence-electron chi connectivity index (χ1n) is 9.91. The smallest absolute Gasteiger partial charge is 0.259 e. The number of carbonyl (C=O) groups excluding carboxylic acids is 1. The molecule has 0 aromatic carbocycles. The average molecular weight is 413 g/mol. The summed E-state index contributed by atoms with van der Waals surface area (Å²) in [5, 5.41) is 7.10. The Kier molecular flexibility index (Phi) is 4.30. The van der Waals surface area contributed by atoms with Crippen LogP contribution in [-0.2, 0) is 6.42 Å². The average Bonchev–Trinajstić information content (AvgIpc) is 3.24. The molecule has 5 rings (SSSR count). The maximum absolute atomic E-state index is 14.5. The summed E-state index contributed by atoms with van der Waals surface area (Å²) in [6, 6.07) is 2.53. The molecule has 3 N–H and O–H groups in total. The third-order valence-electron chi connectivity index (χ3n) is 5.79. The maximum Gasteiger partial charge on any atom is 0.259 e. The standard InChI is InChI=1S/C20H21F2N7O/c1-10-2-3-14-13(6-11(21)8-24-14)15-7-12(22)9-28(15)16-4-5-29-19(26-16)17(18(23)27-29)20(30)25-10/h4-6,8,10,12,15H,2-3,7,9H2,1H3,(H2,23,27)(H,25,30)/t10-,12?,15?/m0/s1. The minimum absolute atomic E-state index is 0.0765. The second-order valence-corrected chi connectivity index (χ2v) is 7.92. The van der Waals surface area contributed by atoms with Gasteiger partial charge in [0.2, 0.25) is 0 Å². The number of fused-ring (bicyclic) bond motifs is 5. The number of nitrogens with two attached hydrogens (primary N) is 1. The molecule has 156 valence electrons. The van der Waals surface area contributed by atoms with Gasteiger partial charge in [0.15, 0.2) is 11.5 Å². The van der Waals surface area contributed by atoms with Crippen LogP contribution in [0.3, 0.4) is 0 Å². The fraction of sp³-hybridized carbons (Fsp3) is 0.400. The molecule has 2 aliphatic heterocycles. The Morgan fingerprint density at radius 3 is 3.03 bits per heavy atom. The minimum atomic E-state index is -1.09. The molecule has 8 nitrogen and oxygen atoms in total. The lowest BCUT2D eigenvalue weighted by Crippen LogP contribution is -2.33. The monoisotopic (exact) mass is 413 g/mol. The number of aromatic nitrogens is 4. The number of amides is 1. The Hall–Kier alpha value is -3.30. The van der Waals surface area contributed by atoms with Crippen LogP contribution < -0.4 is 16.0 Å². The van der Waals surface area contributed by atoms with E-state index in [1.807, 2.05) is 6.92 Å². The van der Waals surface area contributed by atoms with E-state index < -0.39 is 18.0 Å². The van der Waals surface area contributed by atoms with Crippen molar-refractivity contribution in [1.29, 1.82) is 0 Å². The summed E-state index contributed by atoms with van der Waals surface area (Å²) in [4.78, 5) is 23.6. The zero-order valence-corrected chi connectivity index (χ0v) is 16.3. The summed E-state index contributed by atoms with van der Waals surface area (Å²) in [5.41, 5.74) is 7.84. The van der Waals surface area contributed by atoms with Gasteiger partial charge < -0.3 is 16.0 Å². The third kappa shape index (κ3) is 3.03. The Bertz CT molecular complexity index is 1150. The molecule has 2 unspecified atom stereocenters. The van der Waals surface area contributed by atoms with Crippen molar-refractivity contribution in [3.63, 3.8) is 0 Å². The van der Waals surface area contributed by atoms with Gasteiger partial charge in [-0.1, -0.05) is 0 Å². The molecule has 0 radical (unpaired) electrons. The first-order chi connectivity index (χ1) is 14.4. The van der Waals surface area contributed by atoms with Crippen molar-refractivity contribution in [2.24, 2.45) is 0 Å². The van der Waals surface area contributed by atoms with Gasteiger partial charge in [-0.05, 0) is 37.5 Å². The van der Waals surface area contributed by atoms with Crippen LogP contribution in [0.15, 0.2) is 24.5 Å². The number of hydrogen-bond acceptors (Lipinski definition) is 6. The fourth-order valence-corrected chi connectivity index (χ4v) is 4.35. The molecule has 1 amide bonds. The quantitative estimate of drug-likeness (QED) is 0.586. The van der Waals surface area contributed by atoms with Crippen molar-refractivity contribution < 1.29 is 13.6 Å². The van der Waals surface area contributed by atoms with E-state index in [0.717, 1.165) is 0 Å². The van der Waals surface area contributed by atoms with E-state index in [1.54, 1.807) is 17.2 Å². The number of nitrogen functional groups attached to an aromatic ring is 1. The van der Waals surface area contributed by atoms with Crippen molar-refractivity contribution in [2.75, 3.05) is 17.2 Å². The van der Waals surface area contributed by atoms with Crippen molar-refractivity contribution in [1.82, 2.24) is 24.9 Å². The molecule has 2 bridgehead atoms. The van der Waals surface area contributed by atoms with Crippen LogP contribution in [0.1, 0.15) is 47.4 Å². The highest BCUT2D eigenvalue weighted by molar-refractivity contribution is 6.04. The molecule has 30 heavy (non-hydrogen) atoms. The summed E-state index contributed by atoms with van der Waals surface area (Å²) in [5.74, 6) is -0.278. The lowest BCUT2D eigenvalue weighted by Gasteiger charge is -2.27. The predicted octanol–water partition coefficient (Wildman–Crippen LogP) is 2.20.